The van der Waals surface area contributed by atoms with Crippen LogP contribution in [0.3, 0.4) is 0 Å². The first-order valence-corrected chi connectivity index (χ1v) is 15.2. The Kier molecular flexibility index (Phi) is 11.4. The van der Waals surface area contributed by atoms with Crippen molar-refractivity contribution in [3.05, 3.63) is 95.6 Å². The molecule has 0 unspecified atom stereocenters. The summed E-state index contributed by atoms with van der Waals surface area (Å²) in [5, 5.41) is 12.8. The zero-order valence-electron chi connectivity index (χ0n) is 24.0. The lowest BCUT2D eigenvalue weighted by Gasteiger charge is -2.26. The van der Waals surface area contributed by atoms with Crippen LogP contribution in [0.2, 0.25) is 0 Å². The fourth-order valence-electron chi connectivity index (χ4n) is 4.13. The van der Waals surface area contributed by atoms with E-state index in [-0.39, 0.29) is 31.1 Å². The van der Waals surface area contributed by atoms with Gasteiger partial charge in [-0.25, -0.2) is 17.9 Å². The summed E-state index contributed by atoms with van der Waals surface area (Å²) in [4.78, 5) is 39.5. The minimum Gasteiger partial charge on any atom is -0.384 e. The van der Waals surface area contributed by atoms with E-state index in [0.717, 1.165) is 16.0 Å². The highest BCUT2D eigenvalue weighted by atomic mass is 32.2. The molecule has 0 aliphatic heterocycles. The molecule has 0 saturated heterocycles. The van der Waals surface area contributed by atoms with Crippen LogP contribution in [-0.2, 0) is 32.6 Å². The predicted octanol–water partition coefficient (Wildman–Crippen LogP) is 1.30. The van der Waals surface area contributed by atoms with Crippen molar-refractivity contribution in [2.75, 3.05) is 19.3 Å². The van der Waals surface area contributed by atoms with E-state index in [1.165, 1.54) is 14.0 Å². The Morgan fingerprint density at radius 2 is 1.42 bits per heavy atom. The number of sulfonamides is 1. The van der Waals surface area contributed by atoms with Crippen molar-refractivity contribution in [2.24, 2.45) is 11.5 Å². The first kappa shape index (κ1) is 32.8. The summed E-state index contributed by atoms with van der Waals surface area (Å²) in [6.45, 7) is 1.28. The number of amidine groups is 1. The molecule has 12 nitrogen and oxygen atoms in total. The summed E-state index contributed by atoms with van der Waals surface area (Å²) in [6, 6.07) is 20.5. The van der Waals surface area contributed by atoms with E-state index in [0.29, 0.717) is 16.7 Å². The first-order valence-electron chi connectivity index (χ1n) is 13.5. The molecule has 0 spiro atoms. The minimum absolute atomic E-state index is 0.0165. The van der Waals surface area contributed by atoms with Crippen molar-refractivity contribution in [2.45, 2.75) is 32.0 Å². The molecule has 0 radical (unpaired) electrons. The van der Waals surface area contributed by atoms with Gasteiger partial charge in [-0.2, -0.15) is 0 Å². The lowest BCUT2D eigenvalue weighted by Crippen LogP contribution is -2.58. The third-order valence-electron chi connectivity index (χ3n) is 6.72. The van der Waals surface area contributed by atoms with Crippen molar-refractivity contribution >= 4 is 33.7 Å². The van der Waals surface area contributed by atoms with Crippen LogP contribution in [0.25, 0.3) is 11.1 Å². The molecule has 228 valence electrons. The quantitative estimate of drug-likeness (QED) is 0.118. The van der Waals surface area contributed by atoms with Crippen LogP contribution in [0, 0.1) is 5.41 Å². The first-order chi connectivity index (χ1) is 20.4. The molecule has 0 saturated carbocycles. The third-order valence-corrected chi connectivity index (χ3v) is 8.12. The molecule has 3 aromatic rings. The number of amides is 4. The van der Waals surface area contributed by atoms with Gasteiger partial charge in [0.25, 0.3) is 0 Å². The van der Waals surface area contributed by atoms with Crippen LogP contribution in [-0.4, -0.2) is 68.4 Å². The molecule has 2 atom stereocenters. The van der Waals surface area contributed by atoms with Gasteiger partial charge in [0, 0.05) is 19.2 Å². The van der Waals surface area contributed by atoms with E-state index >= 15 is 0 Å². The van der Waals surface area contributed by atoms with Crippen LogP contribution in [0.1, 0.15) is 23.6 Å². The van der Waals surface area contributed by atoms with Gasteiger partial charge in [-0.15, -0.1) is 0 Å². The molecule has 0 fully saturated rings. The minimum atomic E-state index is -3.80. The standard InChI is InChI=1S/C30H37N7O5S/c1-3-43(41,42)36-25(17-20-9-13-23(14-10-20)22-7-5-4-6-8-22)29(39)35-26(19-37(2)30(33)40)28(38)34-18-21-11-15-24(16-12-21)27(31)32/h4-16,25-26,36H,3,17-19H2,1-2H3,(H3,31,32)(H2,33,40)(H,34,38)(H,35,39)/t25-,26+/m1/s1. The number of rotatable bonds is 14. The Bertz CT molecular complexity index is 1530. The number of benzene rings is 3. The topological polar surface area (TPSA) is 201 Å². The Morgan fingerprint density at radius 1 is 0.837 bits per heavy atom. The summed E-state index contributed by atoms with van der Waals surface area (Å²) < 4.78 is 27.4. The molecule has 3 rings (SSSR count). The highest BCUT2D eigenvalue weighted by Crippen LogP contribution is 2.20. The van der Waals surface area contributed by atoms with Gasteiger partial charge in [-0.3, -0.25) is 15.0 Å². The fourth-order valence-corrected chi connectivity index (χ4v) is 4.92. The highest BCUT2D eigenvalue weighted by Gasteiger charge is 2.29. The molecule has 0 aliphatic carbocycles. The van der Waals surface area contributed by atoms with Gasteiger partial charge < -0.3 is 27.0 Å². The number of nitrogen functional groups attached to an aromatic ring is 1. The maximum Gasteiger partial charge on any atom is 0.314 e. The van der Waals surface area contributed by atoms with Crippen LogP contribution < -0.4 is 26.8 Å². The van der Waals surface area contributed by atoms with Crippen molar-refractivity contribution in [1.82, 2.24) is 20.3 Å². The average Bonchev–Trinajstić information content (AvgIpc) is 3.00. The second kappa shape index (κ2) is 14.9. The molecule has 43 heavy (non-hydrogen) atoms. The zero-order valence-corrected chi connectivity index (χ0v) is 24.9. The van der Waals surface area contributed by atoms with E-state index in [1.54, 1.807) is 24.3 Å². The Morgan fingerprint density at radius 3 is 1.98 bits per heavy atom. The third kappa shape index (κ3) is 9.94. The zero-order chi connectivity index (χ0) is 31.6. The van der Waals surface area contributed by atoms with Crippen LogP contribution in [0.5, 0.6) is 0 Å². The summed E-state index contributed by atoms with van der Waals surface area (Å²) in [6.07, 6.45) is 0.0165. The van der Waals surface area contributed by atoms with Crippen LogP contribution in [0.4, 0.5) is 4.79 Å². The second-order valence-electron chi connectivity index (χ2n) is 9.95. The van der Waals surface area contributed by atoms with Crippen LogP contribution in [0.15, 0.2) is 78.9 Å². The molecular formula is C30H37N7O5S. The Balaban J connectivity index is 1.78. The average molecular weight is 608 g/mol. The lowest BCUT2D eigenvalue weighted by molar-refractivity contribution is -0.130. The normalized spacial score (nSPS) is 12.5. The molecule has 0 aromatic heterocycles. The molecule has 0 aliphatic rings. The number of hydrogen-bond donors (Lipinski definition) is 6. The maximum atomic E-state index is 13.5. The maximum absolute atomic E-state index is 13.5. The SMILES string of the molecule is CCS(=O)(=O)N[C@H](Cc1ccc(-c2ccccc2)cc1)C(=O)N[C@@H](CN(C)C(N)=O)C(=O)NCc1ccc(C(=N)N)cc1. The van der Waals surface area contributed by atoms with Gasteiger partial charge in [0.05, 0.1) is 12.3 Å². The summed E-state index contributed by atoms with van der Waals surface area (Å²) in [5.41, 5.74) is 14.7. The van der Waals surface area contributed by atoms with E-state index in [9.17, 15) is 22.8 Å². The highest BCUT2D eigenvalue weighted by molar-refractivity contribution is 7.89. The van der Waals surface area contributed by atoms with Gasteiger partial charge in [-0.05, 0) is 35.6 Å². The number of nitrogens with zero attached hydrogens (tertiary/aromatic N) is 1. The van der Waals surface area contributed by atoms with Gasteiger partial charge in [0.1, 0.15) is 17.9 Å². The number of hydrogen-bond acceptors (Lipinski definition) is 6. The number of likely N-dealkylation sites (N-methyl/N-ethyl adjacent to an activating group) is 1. The molecule has 0 heterocycles. The number of nitrogens with one attached hydrogen (secondary N) is 4. The van der Waals surface area contributed by atoms with Crippen molar-refractivity contribution in [3.8, 4) is 11.1 Å². The largest absolute Gasteiger partial charge is 0.384 e. The molecule has 13 heteroatoms. The Hall–Kier alpha value is -4.75. The van der Waals surface area contributed by atoms with E-state index < -0.39 is 40.0 Å². The molecule has 4 amide bonds. The van der Waals surface area contributed by atoms with Gasteiger partial charge in [-0.1, -0.05) is 78.9 Å². The van der Waals surface area contributed by atoms with Crippen molar-refractivity contribution < 1.29 is 22.8 Å². The number of carbonyl (C=O) groups excluding carboxylic acids is 3. The summed E-state index contributed by atoms with van der Waals surface area (Å²) >= 11 is 0. The van der Waals surface area contributed by atoms with Crippen molar-refractivity contribution in [1.29, 1.82) is 5.41 Å². The second-order valence-corrected chi connectivity index (χ2v) is 12.0. The monoisotopic (exact) mass is 607 g/mol. The van der Waals surface area contributed by atoms with Gasteiger partial charge in [0.15, 0.2) is 0 Å². The predicted molar refractivity (Wildman–Crippen MR) is 165 cm³/mol. The molecule has 0 bridgehead atoms. The van der Waals surface area contributed by atoms with Gasteiger partial charge >= 0.3 is 6.03 Å². The van der Waals surface area contributed by atoms with E-state index in [2.05, 4.69) is 15.4 Å². The van der Waals surface area contributed by atoms with Gasteiger partial charge in [0.2, 0.25) is 21.8 Å². The number of nitrogens with two attached hydrogens (primary N) is 2. The number of carbonyl (C=O) groups is 3. The van der Waals surface area contributed by atoms with E-state index in [1.807, 2.05) is 54.6 Å². The molecule has 8 N–H and O–H groups in total. The summed E-state index contributed by atoms with van der Waals surface area (Å²) in [5.74, 6) is -1.69. The number of primary amides is 1. The number of urea groups is 1. The lowest BCUT2D eigenvalue weighted by atomic mass is 10.0. The summed E-state index contributed by atoms with van der Waals surface area (Å²) in [7, 11) is -2.43. The molecule has 3 aromatic carbocycles. The smallest absolute Gasteiger partial charge is 0.314 e. The van der Waals surface area contributed by atoms with E-state index in [4.69, 9.17) is 16.9 Å². The van der Waals surface area contributed by atoms with Crippen LogP contribution >= 0.6 is 0 Å². The fraction of sp³-hybridized carbons (Fsp3) is 0.267. The van der Waals surface area contributed by atoms with Crippen molar-refractivity contribution in [3.63, 3.8) is 0 Å². The molecular weight excluding hydrogens is 570 g/mol. The Labute approximate surface area is 251 Å².